The number of nitrogens with zero attached hydrogens (tertiary/aromatic N) is 1. The average molecular weight is 203 g/mol. The summed E-state index contributed by atoms with van der Waals surface area (Å²) in [5, 5.41) is 0. The second kappa shape index (κ2) is 4.45. The molecule has 80 valence electrons. The Morgan fingerprint density at radius 1 is 1.60 bits per heavy atom. The molecule has 0 amide bonds. The summed E-state index contributed by atoms with van der Waals surface area (Å²) in [5.74, 6) is 1.49. The summed E-state index contributed by atoms with van der Waals surface area (Å²) in [4.78, 5) is 4.60. The van der Waals surface area contributed by atoms with Crippen molar-refractivity contribution in [3.63, 3.8) is 0 Å². The molecular weight excluding hydrogens is 186 g/mol. The van der Waals surface area contributed by atoms with E-state index in [1.54, 1.807) is 0 Å². The third-order valence-corrected chi connectivity index (χ3v) is 2.79. The molecule has 0 fully saturated rings. The molecule has 1 aromatic heterocycles. The van der Waals surface area contributed by atoms with Gasteiger partial charge in [0.2, 0.25) is 0 Å². The fourth-order valence-corrected chi connectivity index (χ4v) is 1.93. The van der Waals surface area contributed by atoms with Gasteiger partial charge in [-0.2, -0.15) is 0 Å². The number of pyridine rings is 1. The Morgan fingerprint density at radius 3 is 3.27 bits per heavy atom. The molecular formula is C12H17N3. The van der Waals surface area contributed by atoms with Crippen molar-refractivity contribution >= 4 is 5.82 Å². The first-order chi connectivity index (χ1) is 7.31. The van der Waals surface area contributed by atoms with Gasteiger partial charge in [-0.15, -0.1) is 6.58 Å². The van der Waals surface area contributed by atoms with Gasteiger partial charge in [0.25, 0.3) is 0 Å². The highest BCUT2D eigenvalue weighted by Gasteiger charge is 2.19. The molecule has 0 aromatic carbocycles. The van der Waals surface area contributed by atoms with Gasteiger partial charge in [0.1, 0.15) is 5.82 Å². The number of rotatable bonds is 4. The van der Waals surface area contributed by atoms with Gasteiger partial charge < -0.3 is 5.43 Å². The number of hydrogen-bond donors (Lipinski definition) is 2. The Kier molecular flexibility index (Phi) is 3.02. The van der Waals surface area contributed by atoms with Crippen molar-refractivity contribution in [1.82, 2.24) is 10.4 Å². The van der Waals surface area contributed by atoms with Crippen LogP contribution in [0.15, 0.2) is 24.8 Å². The fraction of sp³-hybridized carbons (Fsp3) is 0.417. The normalized spacial score (nSPS) is 18.6. The van der Waals surface area contributed by atoms with E-state index in [1.807, 2.05) is 12.1 Å². The molecule has 2 N–H and O–H groups in total. The second-order valence-electron chi connectivity index (χ2n) is 3.98. The molecule has 0 spiro atoms. The predicted molar refractivity (Wildman–Crippen MR) is 62.8 cm³/mol. The number of fused-ring (bicyclic) bond motifs is 1. The minimum atomic E-state index is 0.598. The fourth-order valence-electron chi connectivity index (χ4n) is 1.93. The number of hydrazine groups is 1. The molecule has 1 aromatic rings. The molecule has 0 radical (unpaired) electrons. The zero-order valence-corrected chi connectivity index (χ0v) is 9.09. The van der Waals surface area contributed by atoms with Crippen LogP contribution in [-0.2, 0) is 6.42 Å². The van der Waals surface area contributed by atoms with Crippen LogP contribution < -0.4 is 10.9 Å². The number of anilines is 1. The maximum absolute atomic E-state index is 4.60. The van der Waals surface area contributed by atoms with Crippen LogP contribution in [0.4, 0.5) is 5.82 Å². The van der Waals surface area contributed by atoms with E-state index >= 15 is 0 Å². The molecule has 2 rings (SSSR count). The topological polar surface area (TPSA) is 37.0 Å². The Morgan fingerprint density at radius 2 is 2.47 bits per heavy atom. The highest BCUT2D eigenvalue weighted by Crippen LogP contribution is 2.31. The summed E-state index contributed by atoms with van der Waals surface area (Å²) in [6.07, 6.45) is 4.21. The first-order valence-electron chi connectivity index (χ1n) is 5.41. The van der Waals surface area contributed by atoms with Crippen LogP contribution >= 0.6 is 0 Å². The first kappa shape index (κ1) is 10.2. The second-order valence-corrected chi connectivity index (χ2v) is 3.98. The van der Waals surface area contributed by atoms with Gasteiger partial charge in [0.05, 0.1) is 0 Å². The third-order valence-electron chi connectivity index (χ3n) is 2.79. The van der Waals surface area contributed by atoms with Gasteiger partial charge in [-0.3, -0.25) is 0 Å². The summed E-state index contributed by atoms with van der Waals surface area (Å²) in [7, 11) is 0. The molecule has 1 atom stereocenters. The van der Waals surface area contributed by atoms with Crippen molar-refractivity contribution in [2.24, 2.45) is 0 Å². The van der Waals surface area contributed by atoms with Crippen LogP contribution in [0.1, 0.15) is 30.5 Å². The summed E-state index contributed by atoms with van der Waals surface area (Å²) < 4.78 is 0. The number of hydrogen-bond acceptors (Lipinski definition) is 3. The molecule has 1 aliphatic rings. The smallest absolute Gasteiger partial charge is 0.140 e. The molecule has 0 saturated heterocycles. The van der Waals surface area contributed by atoms with E-state index in [1.165, 1.54) is 24.1 Å². The van der Waals surface area contributed by atoms with Crippen LogP contribution in [0, 0.1) is 0 Å². The summed E-state index contributed by atoms with van der Waals surface area (Å²) in [5.41, 5.74) is 8.74. The van der Waals surface area contributed by atoms with Gasteiger partial charge in [0, 0.05) is 12.2 Å². The van der Waals surface area contributed by atoms with Crippen molar-refractivity contribution in [2.45, 2.75) is 25.7 Å². The highest BCUT2D eigenvalue weighted by molar-refractivity contribution is 5.41. The molecule has 3 nitrogen and oxygen atoms in total. The van der Waals surface area contributed by atoms with Crippen molar-refractivity contribution in [2.75, 3.05) is 12.0 Å². The van der Waals surface area contributed by atoms with Gasteiger partial charge in [-0.25, -0.2) is 10.4 Å². The van der Waals surface area contributed by atoms with E-state index in [4.69, 9.17) is 0 Å². The Hall–Kier alpha value is -1.35. The summed E-state index contributed by atoms with van der Waals surface area (Å²) in [6.45, 7) is 6.61. The average Bonchev–Trinajstić information content (AvgIpc) is 2.61. The Bertz CT molecular complexity index is 360. The zero-order chi connectivity index (χ0) is 10.7. The minimum Gasteiger partial charge on any atom is -0.305 e. The minimum absolute atomic E-state index is 0.598. The molecule has 15 heavy (non-hydrogen) atoms. The Balaban J connectivity index is 2.08. The van der Waals surface area contributed by atoms with Crippen LogP contribution in [-0.4, -0.2) is 11.5 Å². The first-order valence-corrected chi connectivity index (χ1v) is 5.41. The van der Waals surface area contributed by atoms with E-state index in [9.17, 15) is 0 Å². The lowest BCUT2D eigenvalue weighted by molar-refractivity contribution is 0.730. The summed E-state index contributed by atoms with van der Waals surface area (Å²) >= 11 is 0. The number of nitrogens with one attached hydrogen (secondary N) is 2. The maximum Gasteiger partial charge on any atom is 0.140 e. The van der Waals surface area contributed by atoms with Crippen molar-refractivity contribution in [1.29, 1.82) is 0 Å². The number of aromatic nitrogens is 1. The monoisotopic (exact) mass is 203 g/mol. The lowest BCUT2D eigenvalue weighted by atomic mass is 10.1. The molecule has 3 heteroatoms. The molecule has 0 aliphatic heterocycles. The standard InChI is InChI=1S/C12H17N3/c1-3-8-13-15-11-7-6-10-5-4-9(2)12(10)14-11/h3,6-7,9,13H,1,4-5,8H2,2H3,(H,14,15). The summed E-state index contributed by atoms with van der Waals surface area (Å²) in [6, 6.07) is 4.19. The van der Waals surface area contributed by atoms with E-state index < -0.39 is 0 Å². The van der Waals surface area contributed by atoms with Crippen molar-refractivity contribution < 1.29 is 0 Å². The predicted octanol–water partition coefficient (Wildman–Crippen LogP) is 2.23. The maximum atomic E-state index is 4.60. The van der Waals surface area contributed by atoms with Crippen molar-refractivity contribution in [3.05, 3.63) is 36.0 Å². The van der Waals surface area contributed by atoms with E-state index in [2.05, 4.69) is 35.4 Å². The van der Waals surface area contributed by atoms with Crippen LogP contribution in [0.2, 0.25) is 0 Å². The van der Waals surface area contributed by atoms with Gasteiger partial charge in [-0.1, -0.05) is 19.1 Å². The largest absolute Gasteiger partial charge is 0.305 e. The lowest BCUT2D eigenvalue weighted by Crippen LogP contribution is -2.22. The SMILES string of the molecule is C=CCNNc1ccc2c(n1)C(C)CC2. The van der Waals surface area contributed by atoms with Crippen molar-refractivity contribution in [3.8, 4) is 0 Å². The van der Waals surface area contributed by atoms with Gasteiger partial charge >= 0.3 is 0 Å². The van der Waals surface area contributed by atoms with Gasteiger partial charge in [0.15, 0.2) is 0 Å². The molecule has 0 saturated carbocycles. The van der Waals surface area contributed by atoms with Crippen LogP contribution in [0.3, 0.4) is 0 Å². The quantitative estimate of drug-likeness (QED) is 0.447. The van der Waals surface area contributed by atoms with Crippen LogP contribution in [0.5, 0.6) is 0 Å². The zero-order valence-electron chi connectivity index (χ0n) is 9.09. The molecule has 1 heterocycles. The molecule has 1 aliphatic carbocycles. The number of aryl methyl sites for hydroxylation is 1. The van der Waals surface area contributed by atoms with E-state index in [0.717, 1.165) is 12.4 Å². The van der Waals surface area contributed by atoms with Crippen LogP contribution in [0.25, 0.3) is 0 Å². The highest BCUT2D eigenvalue weighted by atomic mass is 15.4. The van der Waals surface area contributed by atoms with E-state index in [-0.39, 0.29) is 0 Å². The molecule has 0 bridgehead atoms. The van der Waals surface area contributed by atoms with Gasteiger partial charge in [-0.05, 0) is 30.4 Å². The third kappa shape index (κ3) is 2.18. The Labute approximate surface area is 90.6 Å². The van der Waals surface area contributed by atoms with E-state index in [0.29, 0.717) is 5.92 Å². The molecule has 1 unspecified atom stereocenters. The lowest BCUT2D eigenvalue weighted by Gasteiger charge is -2.09.